The predicted molar refractivity (Wildman–Crippen MR) is 120 cm³/mol. The van der Waals surface area contributed by atoms with Gasteiger partial charge in [-0.1, -0.05) is 59.6 Å². The molecule has 3 unspecified atom stereocenters. The van der Waals surface area contributed by atoms with Crippen molar-refractivity contribution in [2.75, 3.05) is 4.90 Å². The average molecular weight is 401 g/mol. The summed E-state index contributed by atoms with van der Waals surface area (Å²) >= 11 is 1.62. The Bertz CT molecular complexity index is 732. The molecule has 6 heteroatoms. The second-order valence-corrected chi connectivity index (χ2v) is 10.1. The normalized spacial score (nSPS) is 19.8. The molecule has 0 saturated carbocycles. The molecule has 1 aromatic rings. The number of amides is 2. The number of unbranched alkanes of at least 4 members (excludes halogenated alkanes) is 1. The van der Waals surface area contributed by atoms with Crippen LogP contribution in [-0.4, -0.2) is 35.8 Å². The van der Waals surface area contributed by atoms with E-state index >= 15 is 0 Å². The molecule has 3 atom stereocenters. The number of nitrogens with zero attached hydrogens (tertiary/aromatic N) is 1. The lowest BCUT2D eigenvalue weighted by Crippen LogP contribution is -2.32. The highest BCUT2D eigenvalue weighted by molar-refractivity contribution is 8.01. The molecule has 2 amide bonds. The molecule has 1 heterocycles. The fourth-order valence-corrected chi connectivity index (χ4v) is 4.78. The van der Waals surface area contributed by atoms with Crippen LogP contribution in [0.15, 0.2) is 24.3 Å². The lowest BCUT2D eigenvalue weighted by molar-refractivity contribution is -0.121. The van der Waals surface area contributed by atoms with E-state index in [1.807, 2.05) is 45.0 Å². The molecule has 1 fully saturated rings. The summed E-state index contributed by atoms with van der Waals surface area (Å²) in [5, 5.41) is 0.0910. The fraction of sp³-hybridized carbons (Fsp3) is 0.591. The minimum absolute atomic E-state index is 0.0479. The van der Waals surface area contributed by atoms with Crippen LogP contribution in [0.4, 0.5) is 5.69 Å². The molecule has 28 heavy (non-hydrogen) atoms. The topological polar surface area (TPSA) is 54.5 Å². The van der Waals surface area contributed by atoms with Gasteiger partial charge >= 0.3 is 0 Å². The first-order valence-corrected chi connectivity index (χ1v) is 11.2. The van der Waals surface area contributed by atoms with Gasteiger partial charge in [0.2, 0.25) is 11.8 Å². The molecule has 1 aliphatic rings. The summed E-state index contributed by atoms with van der Waals surface area (Å²) in [4.78, 5) is 38.6. The Morgan fingerprint density at radius 1 is 1.25 bits per heavy atom. The van der Waals surface area contributed by atoms with Crippen molar-refractivity contribution in [2.24, 2.45) is 5.41 Å². The standard InChI is InChI=1S/C22H32BNO3S/c1-6-7-8-14(2)28-18-13-19(25)24(20(18)26)17-11-9-16(10-12-17)15(3)22(4,5)21(23)27/h9-12,14-15,18H,6-8,13,23H2,1-5H3. The highest BCUT2D eigenvalue weighted by Gasteiger charge is 2.40. The van der Waals surface area contributed by atoms with E-state index in [9.17, 15) is 14.4 Å². The molecule has 2 rings (SSSR count). The number of anilines is 1. The van der Waals surface area contributed by atoms with Crippen molar-refractivity contribution in [3.05, 3.63) is 29.8 Å². The molecule has 0 N–H and O–H groups in total. The molecule has 0 radical (unpaired) electrons. The third-order valence-electron chi connectivity index (χ3n) is 6.11. The predicted octanol–water partition coefficient (Wildman–Crippen LogP) is 3.92. The van der Waals surface area contributed by atoms with Crippen molar-refractivity contribution in [1.82, 2.24) is 0 Å². The Morgan fingerprint density at radius 2 is 1.86 bits per heavy atom. The Hall–Kier alpha value is -1.56. The van der Waals surface area contributed by atoms with Gasteiger partial charge in [0.1, 0.15) is 0 Å². The summed E-state index contributed by atoms with van der Waals surface area (Å²) in [6.07, 6.45) is 3.62. The summed E-state index contributed by atoms with van der Waals surface area (Å²) < 4.78 is 0. The molecule has 1 aromatic carbocycles. The van der Waals surface area contributed by atoms with Crippen LogP contribution in [0.25, 0.3) is 0 Å². The number of rotatable bonds is 9. The minimum atomic E-state index is -0.461. The van der Waals surface area contributed by atoms with Crippen LogP contribution in [0.2, 0.25) is 0 Å². The Morgan fingerprint density at radius 3 is 2.39 bits per heavy atom. The first-order valence-electron chi connectivity index (χ1n) is 10.2. The lowest BCUT2D eigenvalue weighted by atomic mass is 9.67. The van der Waals surface area contributed by atoms with E-state index in [1.165, 1.54) is 4.90 Å². The Kier molecular flexibility index (Phi) is 7.55. The van der Waals surface area contributed by atoms with Gasteiger partial charge in [0, 0.05) is 17.1 Å². The lowest BCUT2D eigenvalue weighted by Gasteiger charge is -2.30. The zero-order chi connectivity index (χ0) is 21.1. The molecule has 0 aromatic heterocycles. The van der Waals surface area contributed by atoms with Crippen molar-refractivity contribution in [3.63, 3.8) is 0 Å². The summed E-state index contributed by atoms with van der Waals surface area (Å²) in [6, 6.07) is 7.50. The second-order valence-electron chi connectivity index (χ2n) is 8.44. The highest BCUT2D eigenvalue weighted by Crippen LogP contribution is 2.37. The van der Waals surface area contributed by atoms with E-state index in [0.717, 1.165) is 24.8 Å². The van der Waals surface area contributed by atoms with Crippen molar-refractivity contribution < 1.29 is 14.4 Å². The summed E-state index contributed by atoms with van der Waals surface area (Å²) in [7, 11) is 1.62. The second kappa shape index (κ2) is 9.30. The van der Waals surface area contributed by atoms with Crippen LogP contribution in [0.3, 0.4) is 0 Å². The van der Waals surface area contributed by atoms with Crippen LogP contribution >= 0.6 is 11.8 Å². The van der Waals surface area contributed by atoms with E-state index < -0.39 is 5.41 Å². The Labute approximate surface area is 174 Å². The van der Waals surface area contributed by atoms with E-state index in [1.54, 1.807) is 19.6 Å². The number of carbonyl (C=O) groups is 3. The van der Waals surface area contributed by atoms with Crippen molar-refractivity contribution in [3.8, 4) is 0 Å². The number of thioether (sulfide) groups is 1. The van der Waals surface area contributed by atoms with Gasteiger partial charge in [0.15, 0.2) is 7.85 Å². The van der Waals surface area contributed by atoms with E-state index in [2.05, 4.69) is 13.8 Å². The number of carbonyl (C=O) groups excluding carboxylic acids is 3. The van der Waals surface area contributed by atoms with E-state index in [0.29, 0.717) is 10.9 Å². The van der Waals surface area contributed by atoms with Crippen LogP contribution in [0, 0.1) is 5.41 Å². The quantitative estimate of drug-likeness (QED) is 0.465. The van der Waals surface area contributed by atoms with Crippen molar-refractivity contribution in [1.29, 1.82) is 0 Å². The first-order chi connectivity index (χ1) is 13.1. The van der Waals surface area contributed by atoms with Crippen LogP contribution < -0.4 is 4.90 Å². The number of hydrogen-bond donors (Lipinski definition) is 0. The zero-order valence-electron chi connectivity index (χ0n) is 18.0. The summed E-state index contributed by atoms with van der Waals surface area (Å²) in [5.74, 6) is -0.190. The van der Waals surface area contributed by atoms with Gasteiger partial charge in [-0.2, -0.15) is 0 Å². The highest BCUT2D eigenvalue weighted by atomic mass is 32.2. The maximum Gasteiger partial charge on any atom is 0.247 e. The number of hydrogen-bond acceptors (Lipinski definition) is 4. The molecular formula is C22H32BNO3S. The summed E-state index contributed by atoms with van der Waals surface area (Å²) in [5.41, 5.74) is 1.33. The molecular weight excluding hydrogens is 369 g/mol. The first kappa shape index (κ1) is 22.7. The molecule has 1 aliphatic heterocycles. The monoisotopic (exact) mass is 401 g/mol. The van der Waals surface area contributed by atoms with Gasteiger partial charge in [-0.3, -0.25) is 9.59 Å². The van der Waals surface area contributed by atoms with Gasteiger partial charge < -0.3 is 4.79 Å². The van der Waals surface area contributed by atoms with E-state index in [-0.39, 0.29) is 35.1 Å². The summed E-state index contributed by atoms with van der Waals surface area (Å²) in [6.45, 7) is 10.2. The van der Waals surface area contributed by atoms with Crippen molar-refractivity contribution >= 4 is 42.8 Å². The molecule has 0 spiro atoms. The van der Waals surface area contributed by atoms with Gasteiger partial charge in [-0.05, 0) is 30.0 Å². The molecule has 0 bridgehead atoms. The van der Waals surface area contributed by atoms with E-state index in [4.69, 9.17) is 0 Å². The van der Waals surface area contributed by atoms with Gasteiger partial charge in [-0.25, -0.2) is 4.90 Å². The van der Waals surface area contributed by atoms with Crippen LogP contribution in [-0.2, 0) is 14.4 Å². The maximum atomic E-state index is 12.8. The third-order valence-corrected chi connectivity index (χ3v) is 7.50. The molecule has 4 nitrogen and oxygen atoms in total. The largest absolute Gasteiger partial charge is 0.311 e. The maximum absolute atomic E-state index is 12.8. The van der Waals surface area contributed by atoms with Crippen LogP contribution in [0.1, 0.15) is 71.8 Å². The fourth-order valence-electron chi connectivity index (χ4n) is 3.46. The third kappa shape index (κ3) is 4.89. The van der Waals surface area contributed by atoms with Gasteiger partial charge in [-0.15, -0.1) is 11.8 Å². The number of imide groups is 1. The minimum Gasteiger partial charge on any atom is -0.311 e. The molecule has 0 aliphatic carbocycles. The van der Waals surface area contributed by atoms with Crippen LogP contribution in [0.5, 0.6) is 0 Å². The zero-order valence-corrected chi connectivity index (χ0v) is 18.8. The average Bonchev–Trinajstić information content (AvgIpc) is 2.92. The Balaban J connectivity index is 2.12. The van der Waals surface area contributed by atoms with Gasteiger partial charge in [0.05, 0.1) is 16.6 Å². The van der Waals surface area contributed by atoms with Crippen molar-refractivity contribution in [2.45, 2.75) is 76.7 Å². The molecule has 152 valence electrons. The smallest absolute Gasteiger partial charge is 0.247 e. The number of benzene rings is 1. The van der Waals surface area contributed by atoms with Gasteiger partial charge in [0.25, 0.3) is 0 Å². The molecule has 1 saturated heterocycles. The SMILES string of the molecule is BC(=O)C(C)(C)C(C)c1ccc(N2C(=O)CC(SC(C)CCCC)C2=O)cc1.